The van der Waals surface area contributed by atoms with Crippen molar-refractivity contribution in [1.82, 2.24) is 0 Å². The van der Waals surface area contributed by atoms with E-state index in [1.807, 2.05) is 27.7 Å². The Morgan fingerprint density at radius 3 is 1.38 bits per heavy atom. The molecule has 204 valence electrons. The number of methoxy groups -OCH3 is 2. The van der Waals surface area contributed by atoms with Gasteiger partial charge in [-0.1, -0.05) is 26.0 Å². The maximum Gasteiger partial charge on any atom is 0.370 e. The van der Waals surface area contributed by atoms with Crippen LogP contribution < -0.4 is 9.13 Å². The van der Waals surface area contributed by atoms with Crippen LogP contribution in [0.5, 0.6) is 0 Å². The van der Waals surface area contributed by atoms with Gasteiger partial charge in [0.1, 0.15) is 11.1 Å². The van der Waals surface area contributed by atoms with Gasteiger partial charge >= 0.3 is 23.9 Å². The SMILES string of the molecule is COC(=O)c1c[n+](CC(=O)O)cc2c1C(C)=CC2(C)CC1(C)C=C(C)c2c(C(=O)OC)c[n+](CC(=O)O)cc21. The molecular weight excluding hydrogens is 504 g/mol. The third-order valence-electron chi connectivity index (χ3n) is 7.53. The zero-order valence-corrected chi connectivity index (χ0v) is 22.8. The van der Waals surface area contributed by atoms with Crippen LogP contribution in [-0.2, 0) is 43.0 Å². The van der Waals surface area contributed by atoms with Crippen molar-refractivity contribution in [3.05, 3.63) is 70.3 Å². The lowest BCUT2D eigenvalue weighted by molar-refractivity contribution is -0.686. The summed E-state index contributed by atoms with van der Waals surface area (Å²) in [5.74, 6) is -3.22. The molecule has 4 rings (SSSR count). The van der Waals surface area contributed by atoms with Gasteiger partial charge < -0.3 is 19.7 Å². The van der Waals surface area contributed by atoms with Crippen molar-refractivity contribution >= 4 is 35.0 Å². The number of rotatable bonds is 8. The summed E-state index contributed by atoms with van der Waals surface area (Å²) in [6.07, 6.45) is 11.1. The number of carboxylic acid groups (broad SMARTS) is 2. The van der Waals surface area contributed by atoms with Crippen molar-refractivity contribution in [2.75, 3.05) is 14.2 Å². The van der Waals surface area contributed by atoms with Crippen LogP contribution in [0.3, 0.4) is 0 Å². The largest absolute Gasteiger partial charge is 0.477 e. The summed E-state index contributed by atoms with van der Waals surface area (Å²) in [5.41, 5.74) is 3.99. The first-order valence-corrected chi connectivity index (χ1v) is 12.4. The van der Waals surface area contributed by atoms with Crippen molar-refractivity contribution in [2.45, 2.75) is 58.0 Å². The predicted octanol–water partition coefficient (Wildman–Crippen LogP) is 2.44. The van der Waals surface area contributed by atoms with Gasteiger partial charge in [-0.25, -0.2) is 19.2 Å². The van der Waals surface area contributed by atoms with Gasteiger partial charge in [0.15, 0.2) is 24.8 Å². The summed E-state index contributed by atoms with van der Waals surface area (Å²) in [5, 5.41) is 18.9. The quantitative estimate of drug-likeness (QED) is 0.388. The predicted molar refractivity (Wildman–Crippen MR) is 138 cm³/mol. The second-order valence-electron chi connectivity index (χ2n) is 10.7. The van der Waals surface area contributed by atoms with Crippen LogP contribution in [-0.4, -0.2) is 48.3 Å². The fourth-order valence-electron chi connectivity index (χ4n) is 6.34. The Kier molecular flexibility index (Phi) is 6.93. The zero-order chi connectivity index (χ0) is 28.9. The molecule has 2 atom stereocenters. The van der Waals surface area contributed by atoms with Crippen LogP contribution in [0.25, 0.3) is 11.1 Å². The summed E-state index contributed by atoms with van der Waals surface area (Å²) >= 11 is 0. The Morgan fingerprint density at radius 2 is 1.08 bits per heavy atom. The second kappa shape index (κ2) is 9.76. The number of fused-ring (bicyclic) bond motifs is 2. The number of ether oxygens (including phenoxy) is 2. The summed E-state index contributed by atoms with van der Waals surface area (Å²) in [6.45, 7) is 7.19. The Bertz CT molecular complexity index is 1390. The smallest absolute Gasteiger partial charge is 0.370 e. The Morgan fingerprint density at radius 1 is 0.718 bits per heavy atom. The van der Waals surface area contributed by atoms with E-state index < -0.39 is 34.7 Å². The number of hydrogen-bond acceptors (Lipinski definition) is 6. The molecule has 2 aromatic heterocycles. The number of pyridine rings is 2. The minimum Gasteiger partial charge on any atom is -0.477 e. The fraction of sp³-hybridized carbons (Fsp3) is 0.379. The molecule has 0 amide bonds. The number of allylic oxidation sites excluding steroid dienone is 4. The first kappa shape index (κ1) is 27.7. The Hall–Kier alpha value is -4.34. The van der Waals surface area contributed by atoms with E-state index in [0.717, 1.165) is 22.3 Å². The van der Waals surface area contributed by atoms with Gasteiger partial charge in [-0.2, -0.15) is 9.13 Å². The highest BCUT2D eigenvalue weighted by atomic mass is 16.5. The summed E-state index contributed by atoms with van der Waals surface area (Å²) in [4.78, 5) is 48.5. The minimum atomic E-state index is -1.05. The molecule has 2 aliphatic rings. The van der Waals surface area contributed by atoms with E-state index in [9.17, 15) is 29.4 Å². The fourth-order valence-corrected chi connectivity index (χ4v) is 6.34. The summed E-state index contributed by atoms with van der Waals surface area (Å²) in [7, 11) is 2.57. The molecule has 2 aromatic rings. The molecule has 2 N–H and O–H groups in total. The third-order valence-corrected chi connectivity index (χ3v) is 7.53. The van der Waals surface area contributed by atoms with Crippen LogP contribution >= 0.6 is 0 Å². The van der Waals surface area contributed by atoms with E-state index in [1.165, 1.54) is 35.7 Å². The molecule has 2 unspecified atom stereocenters. The maximum atomic E-state index is 12.7. The first-order chi connectivity index (χ1) is 18.2. The number of nitrogens with zero attached hydrogens (tertiary/aromatic N) is 2. The van der Waals surface area contributed by atoms with E-state index in [1.54, 1.807) is 12.4 Å². The van der Waals surface area contributed by atoms with E-state index in [2.05, 4.69) is 12.2 Å². The highest BCUT2D eigenvalue weighted by Gasteiger charge is 2.47. The minimum absolute atomic E-state index is 0.282. The number of aromatic nitrogens is 2. The number of carbonyl (C=O) groups excluding carboxylic acids is 2. The molecule has 0 radical (unpaired) electrons. The van der Waals surface area contributed by atoms with Gasteiger partial charge in [0.2, 0.25) is 13.1 Å². The van der Waals surface area contributed by atoms with Crippen molar-refractivity contribution in [1.29, 1.82) is 0 Å². The van der Waals surface area contributed by atoms with Crippen molar-refractivity contribution in [3.8, 4) is 0 Å². The molecule has 0 fully saturated rings. The standard InChI is InChI=1S/C29H30N2O8/c1-16-7-28(3,20-11-30(13-22(32)33)9-18(24(16)20)26(36)38-5)15-29(4)8-17(2)25-19(27(37)39-6)10-31(12-21(25)29)14-23(34)35/h7-12H,13-15H2,1-6H3/p+2. The van der Waals surface area contributed by atoms with Crippen LogP contribution in [0, 0.1) is 0 Å². The third kappa shape index (κ3) is 4.82. The van der Waals surface area contributed by atoms with Crippen LogP contribution in [0.2, 0.25) is 0 Å². The van der Waals surface area contributed by atoms with Gasteiger partial charge in [-0.3, -0.25) is 0 Å². The van der Waals surface area contributed by atoms with Crippen molar-refractivity contribution in [3.63, 3.8) is 0 Å². The topological polar surface area (TPSA) is 135 Å². The second-order valence-corrected chi connectivity index (χ2v) is 10.7. The molecular formula is C29H32N2O8+2. The van der Waals surface area contributed by atoms with Gasteiger partial charge in [-0.15, -0.1) is 0 Å². The molecule has 10 nitrogen and oxygen atoms in total. The lowest BCUT2D eigenvalue weighted by Gasteiger charge is -2.33. The molecule has 0 bridgehead atoms. The Labute approximate surface area is 225 Å². The first-order valence-electron chi connectivity index (χ1n) is 12.4. The molecule has 0 aromatic carbocycles. The van der Waals surface area contributed by atoms with Crippen LogP contribution in [0.4, 0.5) is 0 Å². The highest BCUT2D eigenvalue weighted by Crippen LogP contribution is 2.52. The molecule has 0 saturated carbocycles. The number of carboxylic acids is 2. The molecule has 0 saturated heterocycles. The molecule has 10 heteroatoms. The number of aliphatic carboxylic acids is 2. The molecule has 2 heterocycles. The highest BCUT2D eigenvalue weighted by molar-refractivity contribution is 5.98. The molecule has 0 spiro atoms. The number of esters is 2. The monoisotopic (exact) mass is 536 g/mol. The average molecular weight is 537 g/mol. The summed E-state index contributed by atoms with van der Waals surface area (Å²) in [6, 6.07) is 0. The Balaban J connectivity index is 1.90. The summed E-state index contributed by atoms with van der Waals surface area (Å²) < 4.78 is 13.0. The van der Waals surface area contributed by atoms with E-state index in [0.29, 0.717) is 17.5 Å². The average Bonchev–Trinajstić information content (AvgIpc) is 3.24. The van der Waals surface area contributed by atoms with Gasteiger partial charge in [-0.05, 0) is 31.4 Å². The lowest BCUT2D eigenvalue weighted by atomic mass is 9.69. The van der Waals surface area contributed by atoms with Gasteiger partial charge in [0, 0.05) is 33.1 Å². The van der Waals surface area contributed by atoms with Crippen LogP contribution in [0.1, 0.15) is 77.1 Å². The van der Waals surface area contributed by atoms with Crippen molar-refractivity contribution < 1.29 is 48.0 Å². The van der Waals surface area contributed by atoms with Gasteiger partial charge in [0.25, 0.3) is 0 Å². The number of hydrogen-bond donors (Lipinski definition) is 2. The molecule has 0 aliphatic heterocycles. The molecule has 39 heavy (non-hydrogen) atoms. The zero-order valence-electron chi connectivity index (χ0n) is 22.8. The number of carbonyl (C=O) groups is 4. The lowest BCUT2D eigenvalue weighted by Crippen LogP contribution is -2.42. The van der Waals surface area contributed by atoms with Crippen LogP contribution in [0.15, 0.2) is 36.9 Å². The maximum absolute atomic E-state index is 12.7. The van der Waals surface area contributed by atoms with Gasteiger partial charge in [0.05, 0.1) is 14.2 Å². The van der Waals surface area contributed by atoms with E-state index >= 15 is 0 Å². The molecule has 2 aliphatic carbocycles. The van der Waals surface area contributed by atoms with E-state index in [4.69, 9.17) is 9.47 Å². The normalized spacial score (nSPS) is 21.0. The van der Waals surface area contributed by atoms with E-state index in [-0.39, 0.29) is 24.2 Å². The van der Waals surface area contributed by atoms with Crippen molar-refractivity contribution in [2.24, 2.45) is 0 Å².